The van der Waals surface area contributed by atoms with Gasteiger partial charge in [-0.25, -0.2) is 0 Å². The molecule has 0 nitrogen and oxygen atoms in total. The lowest BCUT2D eigenvalue weighted by Gasteiger charge is -2.04. The van der Waals surface area contributed by atoms with Crippen LogP contribution in [-0.2, 0) is 0 Å². The molecule has 0 heterocycles. The predicted molar refractivity (Wildman–Crippen MR) is 80.9 cm³/mol. The third-order valence-electron chi connectivity index (χ3n) is 3.37. The summed E-state index contributed by atoms with van der Waals surface area (Å²) in [5, 5.41) is 7.23. The molecule has 0 bridgehead atoms. The van der Waals surface area contributed by atoms with Crippen LogP contribution in [0.2, 0.25) is 0 Å². The lowest BCUT2D eigenvalue weighted by atomic mass is 10.00. The van der Waals surface area contributed by atoms with E-state index in [9.17, 15) is 0 Å². The van der Waals surface area contributed by atoms with Crippen molar-refractivity contribution >= 4 is 34.2 Å². The van der Waals surface area contributed by atoms with Gasteiger partial charge in [0.2, 0.25) is 0 Å². The summed E-state index contributed by atoms with van der Waals surface area (Å²) in [6, 6.07) is 17.0. The van der Waals surface area contributed by atoms with Crippen LogP contribution in [0.4, 0.5) is 0 Å². The van der Waals surface area contributed by atoms with E-state index >= 15 is 0 Å². The molecule has 0 saturated heterocycles. The van der Waals surface area contributed by atoms with Crippen molar-refractivity contribution in [3.63, 3.8) is 0 Å². The molecule has 3 rings (SSSR count). The molecule has 0 aromatic heterocycles. The number of allylic oxidation sites excluding steroid dienone is 1. The predicted octanol–water partition coefficient (Wildman–Crippen LogP) is 3.37. The van der Waals surface area contributed by atoms with Gasteiger partial charge in [0.05, 0.1) is 0 Å². The van der Waals surface area contributed by atoms with E-state index in [1.54, 1.807) is 6.08 Å². The normalized spacial score (nSPS) is 12.1. The minimum Gasteiger partial charge on any atom is -0.0990 e. The first-order valence-corrected chi connectivity index (χ1v) is 6.03. The summed E-state index contributed by atoms with van der Waals surface area (Å²) in [5.41, 5.74) is 0. The largest absolute Gasteiger partial charge is 0.0990 e. The number of hydrogen-bond acceptors (Lipinski definition) is 0. The fourth-order valence-electron chi connectivity index (χ4n) is 2.45. The van der Waals surface area contributed by atoms with Crippen LogP contribution in [0.15, 0.2) is 61.2 Å². The molecule has 0 spiro atoms. The standard InChI is InChI=1S/C18H14/c1-3-6-14-9-12-18-16(13(14)2)11-10-15-7-4-5-8-17(15)18/h3-12H,1-2H2/b14-6-. The highest BCUT2D eigenvalue weighted by molar-refractivity contribution is 6.07. The molecule has 0 heteroatoms. The van der Waals surface area contributed by atoms with Gasteiger partial charge >= 0.3 is 0 Å². The second-order valence-corrected chi connectivity index (χ2v) is 4.42. The van der Waals surface area contributed by atoms with E-state index in [-0.39, 0.29) is 0 Å². The second-order valence-electron chi connectivity index (χ2n) is 4.42. The summed E-state index contributed by atoms with van der Waals surface area (Å²) in [6.45, 7) is 7.94. The third kappa shape index (κ3) is 1.54. The lowest BCUT2D eigenvalue weighted by Crippen LogP contribution is -2.23. The Balaban J connectivity index is 2.56. The quantitative estimate of drug-likeness (QED) is 0.562. The summed E-state index contributed by atoms with van der Waals surface area (Å²) in [4.78, 5) is 0. The Labute approximate surface area is 106 Å². The van der Waals surface area contributed by atoms with Crippen molar-refractivity contribution in [2.45, 2.75) is 0 Å². The average Bonchev–Trinajstić information content (AvgIpc) is 2.42. The Morgan fingerprint density at radius 3 is 2.39 bits per heavy atom. The molecule has 3 aromatic carbocycles. The third-order valence-corrected chi connectivity index (χ3v) is 3.37. The number of hydrogen-bond donors (Lipinski definition) is 0. The molecule has 18 heavy (non-hydrogen) atoms. The summed E-state index contributed by atoms with van der Waals surface area (Å²) >= 11 is 0. The number of rotatable bonds is 1. The SMILES string of the molecule is C=C/C=c1/ccc2c(ccc3ccccc32)c1=C. The number of fused-ring (bicyclic) bond motifs is 3. The van der Waals surface area contributed by atoms with Gasteiger partial charge < -0.3 is 0 Å². The zero-order chi connectivity index (χ0) is 12.5. The van der Waals surface area contributed by atoms with E-state index in [4.69, 9.17) is 0 Å². The van der Waals surface area contributed by atoms with Crippen LogP contribution in [0.5, 0.6) is 0 Å². The first kappa shape index (κ1) is 10.8. The Morgan fingerprint density at radius 2 is 1.56 bits per heavy atom. The van der Waals surface area contributed by atoms with Gasteiger partial charge in [-0.05, 0) is 32.0 Å². The Morgan fingerprint density at radius 1 is 0.778 bits per heavy atom. The highest BCUT2D eigenvalue weighted by Crippen LogP contribution is 2.22. The molecule has 0 fully saturated rings. The topological polar surface area (TPSA) is 0 Å². The molecule has 0 N–H and O–H groups in total. The van der Waals surface area contributed by atoms with Gasteiger partial charge in [-0.2, -0.15) is 0 Å². The first-order chi connectivity index (χ1) is 8.81. The molecule has 0 radical (unpaired) electrons. The van der Waals surface area contributed by atoms with Gasteiger partial charge in [-0.1, -0.05) is 73.8 Å². The molecule has 0 saturated carbocycles. The zero-order valence-corrected chi connectivity index (χ0v) is 10.2. The summed E-state index contributed by atoms with van der Waals surface area (Å²) in [5.74, 6) is 0. The molecule has 86 valence electrons. The van der Waals surface area contributed by atoms with Crippen LogP contribution in [0, 0.1) is 0 Å². The maximum absolute atomic E-state index is 4.20. The Kier molecular flexibility index (Phi) is 2.49. The molecule has 0 amide bonds. The van der Waals surface area contributed by atoms with Gasteiger partial charge in [0.15, 0.2) is 0 Å². The maximum atomic E-state index is 4.20. The molecular formula is C18H14. The van der Waals surface area contributed by atoms with Crippen LogP contribution in [0.3, 0.4) is 0 Å². The molecule has 0 aliphatic rings. The molecule has 3 aromatic rings. The number of benzene rings is 3. The van der Waals surface area contributed by atoms with Gasteiger partial charge in [0.25, 0.3) is 0 Å². The van der Waals surface area contributed by atoms with Crippen molar-refractivity contribution in [3.05, 3.63) is 71.6 Å². The molecule has 0 unspecified atom stereocenters. The van der Waals surface area contributed by atoms with Crippen LogP contribution < -0.4 is 10.4 Å². The van der Waals surface area contributed by atoms with Crippen molar-refractivity contribution in [3.8, 4) is 0 Å². The highest BCUT2D eigenvalue weighted by Gasteiger charge is 2.00. The monoisotopic (exact) mass is 230 g/mol. The fourth-order valence-corrected chi connectivity index (χ4v) is 2.45. The van der Waals surface area contributed by atoms with Gasteiger partial charge in [-0.15, -0.1) is 0 Å². The lowest BCUT2D eigenvalue weighted by molar-refractivity contribution is 1.61. The van der Waals surface area contributed by atoms with E-state index in [1.165, 1.54) is 21.5 Å². The van der Waals surface area contributed by atoms with Crippen molar-refractivity contribution in [1.82, 2.24) is 0 Å². The smallest absolute Gasteiger partial charge is 0.00992 e. The molecule has 0 aliphatic heterocycles. The molecular weight excluding hydrogens is 216 g/mol. The molecule has 0 aliphatic carbocycles. The second kappa shape index (κ2) is 4.15. The van der Waals surface area contributed by atoms with Crippen LogP contribution in [-0.4, -0.2) is 0 Å². The van der Waals surface area contributed by atoms with Crippen molar-refractivity contribution in [2.75, 3.05) is 0 Å². The van der Waals surface area contributed by atoms with Gasteiger partial charge in [0, 0.05) is 0 Å². The van der Waals surface area contributed by atoms with Crippen LogP contribution in [0.25, 0.3) is 34.2 Å². The van der Waals surface area contributed by atoms with E-state index in [1.807, 2.05) is 6.08 Å². The average molecular weight is 230 g/mol. The molecule has 0 atom stereocenters. The maximum Gasteiger partial charge on any atom is -0.00992 e. The summed E-state index contributed by atoms with van der Waals surface area (Å²) in [7, 11) is 0. The van der Waals surface area contributed by atoms with Crippen molar-refractivity contribution in [1.29, 1.82) is 0 Å². The fraction of sp³-hybridized carbons (Fsp3) is 0. The zero-order valence-electron chi connectivity index (χ0n) is 10.2. The highest BCUT2D eigenvalue weighted by atomic mass is 14.0. The van der Waals surface area contributed by atoms with Gasteiger partial charge in [-0.3, -0.25) is 0 Å². The van der Waals surface area contributed by atoms with E-state index in [0.717, 1.165) is 10.4 Å². The van der Waals surface area contributed by atoms with Crippen molar-refractivity contribution in [2.24, 2.45) is 0 Å². The summed E-state index contributed by atoms with van der Waals surface area (Å²) in [6.07, 6.45) is 3.80. The van der Waals surface area contributed by atoms with E-state index in [2.05, 4.69) is 61.7 Å². The van der Waals surface area contributed by atoms with E-state index < -0.39 is 0 Å². The van der Waals surface area contributed by atoms with Crippen LogP contribution in [0.1, 0.15) is 0 Å². The Bertz CT molecular complexity index is 854. The van der Waals surface area contributed by atoms with Gasteiger partial charge in [0.1, 0.15) is 0 Å². The van der Waals surface area contributed by atoms with Crippen molar-refractivity contribution < 1.29 is 0 Å². The minimum absolute atomic E-state index is 1.07. The van der Waals surface area contributed by atoms with E-state index in [0.29, 0.717) is 0 Å². The Hall–Kier alpha value is -2.34. The first-order valence-electron chi connectivity index (χ1n) is 6.03. The summed E-state index contributed by atoms with van der Waals surface area (Å²) < 4.78 is 0. The minimum atomic E-state index is 1.07. The van der Waals surface area contributed by atoms with Crippen LogP contribution >= 0.6 is 0 Å².